The highest BCUT2D eigenvalue weighted by Gasteiger charge is 2.31. The first-order valence-electron chi connectivity index (χ1n) is 9.22. The van der Waals surface area contributed by atoms with Crippen LogP contribution in [0.5, 0.6) is 0 Å². The van der Waals surface area contributed by atoms with Gasteiger partial charge in [-0.15, -0.1) is 5.10 Å². The van der Waals surface area contributed by atoms with E-state index in [1.54, 1.807) is 30.3 Å². The summed E-state index contributed by atoms with van der Waals surface area (Å²) < 4.78 is 41.0. The molecule has 1 fully saturated rings. The molecule has 0 aliphatic carbocycles. The van der Waals surface area contributed by atoms with Crippen LogP contribution in [0.1, 0.15) is 12.0 Å². The summed E-state index contributed by atoms with van der Waals surface area (Å²) >= 11 is 0. The van der Waals surface area contributed by atoms with Gasteiger partial charge in [-0.05, 0) is 24.3 Å². The van der Waals surface area contributed by atoms with Crippen LogP contribution < -0.4 is 10.6 Å². The number of aromatic nitrogens is 2. The normalized spacial score (nSPS) is 16.4. The first kappa shape index (κ1) is 19.7. The van der Waals surface area contributed by atoms with E-state index in [1.807, 2.05) is 6.07 Å². The first-order valence-corrected chi connectivity index (χ1v) is 9.22. The zero-order chi connectivity index (χ0) is 21.3. The molecular weight excluding hydrogens is 397 g/mol. The Balaban J connectivity index is 1.72. The molecule has 1 atom stereocenters. The van der Waals surface area contributed by atoms with E-state index in [-0.39, 0.29) is 30.6 Å². The Morgan fingerprint density at radius 2 is 1.87 bits per heavy atom. The third-order valence-electron chi connectivity index (χ3n) is 4.80. The number of benzene rings is 2. The molecule has 154 valence electrons. The largest absolute Gasteiger partial charge is 0.416 e. The molecule has 2 N–H and O–H groups in total. The van der Waals surface area contributed by atoms with Crippen molar-refractivity contribution in [3.05, 3.63) is 66.2 Å². The van der Waals surface area contributed by atoms with Gasteiger partial charge >= 0.3 is 6.18 Å². The quantitative estimate of drug-likeness (QED) is 0.685. The summed E-state index contributed by atoms with van der Waals surface area (Å²) in [4.78, 5) is 23.8. The molecule has 0 saturated carbocycles. The number of carbonyl (C=O) groups excluding carboxylic acids is 2. The first-order chi connectivity index (χ1) is 14.3. The summed E-state index contributed by atoms with van der Waals surface area (Å²) in [6, 6.07) is 15.3. The van der Waals surface area contributed by atoms with Crippen LogP contribution in [0.4, 0.5) is 19.0 Å². The number of alkyl halides is 3. The Bertz CT molecular complexity index is 1090. The number of hydrogen-bond acceptors (Lipinski definition) is 3. The highest BCUT2D eigenvalue weighted by molar-refractivity contribution is 5.97. The Morgan fingerprint density at radius 1 is 1.10 bits per heavy atom. The Labute approximate surface area is 169 Å². The number of amides is 2. The number of halogens is 3. The van der Waals surface area contributed by atoms with Crippen LogP contribution in [0, 0.1) is 5.92 Å². The van der Waals surface area contributed by atoms with Gasteiger partial charge in [0.1, 0.15) is 0 Å². The van der Waals surface area contributed by atoms with Crippen molar-refractivity contribution in [2.24, 2.45) is 5.92 Å². The lowest BCUT2D eigenvalue weighted by Gasteiger charge is -2.10. The summed E-state index contributed by atoms with van der Waals surface area (Å²) in [6.45, 7) is 0.241. The van der Waals surface area contributed by atoms with E-state index in [2.05, 4.69) is 15.7 Å². The maximum atomic E-state index is 13.2. The van der Waals surface area contributed by atoms with Crippen molar-refractivity contribution in [1.82, 2.24) is 15.1 Å². The van der Waals surface area contributed by atoms with E-state index in [9.17, 15) is 22.8 Å². The third kappa shape index (κ3) is 4.05. The van der Waals surface area contributed by atoms with Gasteiger partial charge < -0.3 is 10.6 Å². The second-order valence-corrected chi connectivity index (χ2v) is 6.94. The van der Waals surface area contributed by atoms with Gasteiger partial charge in [0.15, 0.2) is 5.82 Å². The summed E-state index contributed by atoms with van der Waals surface area (Å²) in [5.74, 6) is -0.900. The van der Waals surface area contributed by atoms with E-state index in [0.29, 0.717) is 16.9 Å². The topological polar surface area (TPSA) is 76.0 Å². The van der Waals surface area contributed by atoms with E-state index in [4.69, 9.17) is 0 Å². The fraction of sp³-hybridized carbons (Fsp3) is 0.190. The highest BCUT2D eigenvalue weighted by Crippen LogP contribution is 2.33. The van der Waals surface area contributed by atoms with Gasteiger partial charge in [0.2, 0.25) is 11.8 Å². The lowest BCUT2D eigenvalue weighted by Crippen LogP contribution is -2.24. The van der Waals surface area contributed by atoms with E-state index in [1.165, 1.54) is 16.8 Å². The lowest BCUT2D eigenvalue weighted by molar-refractivity contribution is -0.137. The zero-order valence-corrected chi connectivity index (χ0v) is 15.6. The maximum Gasteiger partial charge on any atom is 0.416 e. The molecule has 6 nitrogen and oxygen atoms in total. The van der Waals surface area contributed by atoms with E-state index < -0.39 is 17.7 Å². The van der Waals surface area contributed by atoms with Crippen LogP contribution in [-0.2, 0) is 15.8 Å². The number of nitrogens with zero attached hydrogens (tertiary/aromatic N) is 2. The fourth-order valence-corrected chi connectivity index (χ4v) is 3.29. The molecule has 1 saturated heterocycles. The van der Waals surface area contributed by atoms with Gasteiger partial charge in [-0.3, -0.25) is 9.59 Å². The molecule has 1 aromatic heterocycles. The van der Waals surface area contributed by atoms with E-state index >= 15 is 0 Å². The second kappa shape index (κ2) is 7.66. The van der Waals surface area contributed by atoms with Crippen LogP contribution in [0.25, 0.3) is 16.9 Å². The summed E-state index contributed by atoms with van der Waals surface area (Å²) in [6.07, 6.45) is -4.39. The lowest BCUT2D eigenvalue weighted by atomic mass is 10.1. The molecule has 0 bridgehead atoms. The Hall–Kier alpha value is -3.62. The highest BCUT2D eigenvalue weighted by atomic mass is 19.4. The Morgan fingerprint density at radius 3 is 2.53 bits per heavy atom. The predicted octanol–water partition coefficient (Wildman–Crippen LogP) is 3.63. The van der Waals surface area contributed by atoms with Crippen molar-refractivity contribution in [2.45, 2.75) is 12.6 Å². The molecule has 3 aromatic rings. The van der Waals surface area contributed by atoms with Crippen molar-refractivity contribution in [1.29, 1.82) is 0 Å². The number of carbonyl (C=O) groups is 2. The minimum Gasteiger partial charge on any atom is -0.355 e. The Kier molecular flexibility index (Phi) is 5.03. The molecule has 2 heterocycles. The van der Waals surface area contributed by atoms with Crippen LogP contribution in [0.15, 0.2) is 60.7 Å². The second-order valence-electron chi connectivity index (χ2n) is 6.94. The average Bonchev–Trinajstić information content (AvgIpc) is 3.35. The standard InChI is InChI=1S/C21H17F3N4O2/c22-21(23,24)15-6-4-5-13(9-15)17-11-18(26-20(30)14-10-19(29)25-12-14)27-28(17)16-7-2-1-3-8-16/h1-9,11,14H,10,12H2,(H,25,29)(H,26,27,30)/t14-/m1/s1. The molecule has 1 aliphatic rings. The molecule has 4 rings (SSSR count). The van der Waals surface area contributed by atoms with E-state index in [0.717, 1.165) is 12.1 Å². The number of nitrogens with one attached hydrogen (secondary N) is 2. The SMILES string of the molecule is O=C1C[C@@H](C(=O)Nc2cc(-c3cccc(C(F)(F)F)c3)n(-c3ccccc3)n2)CN1. The van der Waals surface area contributed by atoms with Crippen LogP contribution >= 0.6 is 0 Å². The van der Waals surface area contributed by atoms with Crippen molar-refractivity contribution in [3.8, 4) is 16.9 Å². The minimum absolute atomic E-state index is 0.0890. The van der Waals surface area contributed by atoms with Crippen LogP contribution in [-0.4, -0.2) is 28.1 Å². The van der Waals surface area contributed by atoms with Gasteiger partial charge in [-0.25, -0.2) is 4.68 Å². The maximum absolute atomic E-state index is 13.2. The molecule has 30 heavy (non-hydrogen) atoms. The minimum atomic E-state index is -4.48. The molecule has 9 heteroatoms. The number of hydrogen-bond donors (Lipinski definition) is 2. The van der Waals surface area contributed by atoms with Crippen molar-refractivity contribution >= 4 is 17.6 Å². The van der Waals surface area contributed by atoms with Gasteiger partial charge in [-0.1, -0.05) is 30.3 Å². The summed E-state index contributed by atoms with van der Waals surface area (Å²) in [5.41, 5.74) is 0.549. The van der Waals surface area contributed by atoms with Crippen molar-refractivity contribution < 1.29 is 22.8 Å². The average molecular weight is 414 g/mol. The van der Waals surface area contributed by atoms with Crippen LogP contribution in [0.2, 0.25) is 0 Å². The van der Waals surface area contributed by atoms with Crippen LogP contribution in [0.3, 0.4) is 0 Å². The predicted molar refractivity (Wildman–Crippen MR) is 104 cm³/mol. The molecule has 0 radical (unpaired) electrons. The zero-order valence-electron chi connectivity index (χ0n) is 15.6. The van der Waals surface area contributed by atoms with Crippen molar-refractivity contribution in [2.75, 3.05) is 11.9 Å². The number of anilines is 1. The molecule has 0 unspecified atom stereocenters. The molecule has 0 spiro atoms. The molecular formula is C21H17F3N4O2. The monoisotopic (exact) mass is 414 g/mol. The fourth-order valence-electron chi connectivity index (χ4n) is 3.29. The van der Waals surface area contributed by atoms with Gasteiger partial charge in [0.25, 0.3) is 0 Å². The van der Waals surface area contributed by atoms with Gasteiger partial charge in [-0.2, -0.15) is 13.2 Å². The summed E-state index contributed by atoms with van der Waals surface area (Å²) in [5, 5.41) is 9.63. The van der Waals surface area contributed by atoms with Crippen molar-refractivity contribution in [3.63, 3.8) is 0 Å². The van der Waals surface area contributed by atoms with Gasteiger partial charge in [0.05, 0.1) is 22.9 Å². The third-order valence-corrected chi connectivity index (χ3v) is 4.80. The number of para-hydroxylation sites is 1. The number of rotatable bonds is 4. The van der Waals surface area contributed by atoms with Gasteiger partial charge in [0, 0.05) is 24.6 Å². The molecule has 2 aromatic carbocycles. The molecule has 1 aliphatic heterocycles. The molecule has 2 amide bonds. The summed E-state index contributed by atoms with van der Waals surface area (Å²) in [7, 11) is 0. The smallest absolute Gasteiger partial charge is 0.355 e.